The van der Waals surface area contributed by atoms with Crippen molar-refractivity contribution >= 4 is 17.3 Å². The maximum absolute atomic E-state index is 4.29. The summed E-state index contributed by atoms with van der Waals surface area (Å²) in [6.07, 6.45) is 2.66. The highest BCUT2D eigenvalue weighted by atomic mass is 15.1. The number of rotatable bonds is 7. The molecule has 1 aromatic heterocycles. The van der Waals surface area contributed by atoms with Crippen LogP contribution >= 0.6 is 0 Å². The molecule has 1 aromatic carbocycles. The number of nitrogens with one attached hydrogen (secondary N) is 2. The van der Waals surface area contributed by atoms with Crippen molar-refractivity contribution in [1.29, 1.82) is 0 Å². The van der Waals surface area contributed by atoms with Crippen molar-refractivity contribution in [1.82, 2.24) is 14.9 Å². The van der Waals surface area contributed by atoms with Crippen molar-refractivity contribution in [3.63, 3.8) is 0 Å². The van der Waals surface area contributed by atoms with E-state index in [1.165, 1.54) is 5.56 Å². The van der Waals surface area contributed by atoms with Crippen LogP contribution < -0.4 is 10.6 Å². The third-order valence-corrected chi connectivity index (χ3v) is 3.78. The van der Waals surface area contributed by atoms with Gasteiger partial charge in [0.25, 0.3) is 0 Å². The van der Waals surface area contributed by atoms with E-state index in [1.807, 2.05) is 6.07 Å². The molecule has 0 amide bonds. The van der Waals surface area contributed by atoms with Crippen molar-refractivity contribution in [3.05, 3.63) is 42.2 Å². The Morgan fingerprint density at radius 3 is 2.29 bits per heavy atom. The first-order valence-electron chi connectivity index (χ1n) is 8.43. The Morgan fingerprint density at radius 2 is 1.67 bits per heavy atom. The Labute approximate surface area is 145 Å². The van der Waals surface area contributed by atoms with E-state index in [4.69, 9.17) is 0 Å². The van der Waals surface area contributed by atoms with Crippen molar-refractivity contribution < 1.29 is 0 Å². The maximum atomic E-state index is 4.29. The minimum atomic E-state index is 0.164. The number of aromatic nitrogens is 2. The van der Waals surface area contributed by atoms with Crippen molar-refractivity contribution in [2.45, 2.75) is 32.6 Å². The van der Waals surface area contributed by atoms with Crippen molar-refractivity contribution in [2.75, 3.05) is 37.8 Å². The van der Waals surface area contributed by atoms with Crippen molar-refractivity contribution in [2.24, 2.45) is 0 Å². The standard InChI is InChI=1S/C19H29N5/c1-19(2,3)15-7-9-16(10-8-15)23-18-13-17(21-14-22-18)20-11-6-12-24(4)5/h7-10,13-14H,6,11-12H2,1-5H3,(H2,20,21,22,23). The Bertz CT molecular complexity index is 629. The van der Waals surface area contributed by atoms with E-state index in [9.17, 15) is 0 Å². The van der Waals surface area contributed by atoms with Gasteiger partial charge in [-0.05, 0) is 50.2 Å². The zero-order valence-corrected chi connectivity index (χ0v) is 15.4. The summed E-state index contributed by atoms with van der Waals surface area (Å²) >= 11 is 0. The highest BCUT2D eigenvalue weighted by molar-refractivity contribution is 5.59. The molecule has 0 saturated carbocycles. The van der Waals surface area contributed by atoms with Gasteiger partial charge in [-0.3, -0.25) is 0 Å². The first-order chi connectivity index (χ1) is 11.3. The van der Waals surface area contributed by atoms with Gasteiger partial charge in [0, 0.05) is 18.3 Å². The topological polar surface area (TPSA) is 53.1 Å². The molecular formula is C19H29N5. The molecule has 1 heterocycles. The van der Waals surface area contributed by atoms with Gasteiger partial charge in [0.15, 0.2) is 0 Å². The normalized spacial score (nSPS) is 11.6. The lowest BCUT2D eigenvalue weighted by molar-refractivity contribution is 0.405. The molecule has 0 aliphatic carbocycles. The number of hydrogen-bond donors (Lipinski definition) is 2. The summed E-state index contributed by atoms with van der Waals surface area (Å²) < 4.78 is 0. The van der Waals surface area contributed by atoms with Crippen LogP contribution in [-0.2, 0) is 5.41 Å². The summed E-state index contributed by atoms with van der Waals surface area (Å²) in [6.45, 7) is 8.61. The number of benzene rings is 1. The van der Waals surface area contributed by atoms with Gasteiger partial charge in [-0.25, -0.2) is 9.97 Å². The molecule has 2 aromatic rings. The van der Waals surface area contributed by atoms with E-state index < -0.39 is 0 Å². The van der Waals surface area contributed by atoms with Gasteiger partial charge in [-0.2, -0.15) is 0 Å². The third-order valence-electron chi connectivity index (χ3n) is 3.78. The second kappa shape index (κ2) is 8.11. The fraction of sp³-hybridized carbons (Fsp3) is 0.474. The number of nitrogens with zero attached hydrogens (tertiary/aromatic N) is 3. The molecule has 130 valence electrons. The maximum Gasteiger partial charge on any atom is 0.135 e. The van der Waals surface area contributed by atoms with Crippen LogP contribution in [0.4, 0.5) is 17.3 Å². The smallest absolute Gasteiger partial charge is 0.135 e. The van der Waals surface area contributed by atoms with E-state index in [2.05, 4.69) is 84.6 Å². The summed E-state index contributed by atoms with van der Waals surface area (Å²) in [5, 5.41) is 6.67. The second-order valence-electron chi connectivity index (χ2n) is 7.32. The van der Waals surface area contributed by atoms with Crippen LogP contribution in [0.3, 0.4) is 0 Å². The molecule has 0 bridgehead atoms. The lowest BCUT2D eigenvalue weighted by Crippen LogP contribution is -2.16. The van der Waals surface area contributed by atoms with E-state index in [0.29, 0.717) is 0 Å². The SMILES string of the molecule is CN(C)CCCNc1cc(Nc2ccc(C(C)(C)C)cc2)ncn1. The quantitative estimate of drug-likeness (QED) is 0.756. The van der Waals surface area contributed by atoms with Crippen LogP contribution in [0.1, 0.15) is 32.8 Å². The van der Waals surface area contributed by atoms with Gasteiger partial charge < -0.3 is 15.5 Å². The monoisotopic (exact) mass is 327 g/mol. The average molecular weight is 327 g/mol. The summed E-state index contributed by atoms with van der Waals surface area (Å²) in [5.41, 5.74) is 2.51. The summed E-state index contributed by atoms with van der Waals surface area (Å²) in [5.74, 6) is 1.64. The van der Waals surface area contributed by atoms with E-state index in [1.54, 1.807) is 6.33 Å². The number of anilines is 3. The van der Waals surface area contributed by atoms with Crippen LogP contribution in [-0.4, -0.2) is 42.1 Å². The molecule has 0 radical (unpaired) electrons. The van der Waals surface area contributed by atoms with Gasteiger partial charge in [0.2, 0.25) is 0 Å². The fourth-order valence-electron chi connectivity index (χ4n) is 2.34. The summed E-state index contributed by atoms with van der Waals surface area (Å²) in [4.78, 5) is 10.7. The van der Waals surface area contributed by atoms with Crippen LogP contribution in [0.25, 0.3) is 0 Å². The van der Waals surface area contributed by atoms with Crippen molar-refractivity contribution in [3.8, 4) is 0 Å². The molecule has 5 heteroatoms. The molecule has 5 nitrogen and oxygen atoms in total. The largest absolute Gasteiger partial charge is 0.370 e. The van der Waals surface area contributed by atoms with Crippen LogP contribution in [0.15, 0.2) is 36.7 Å². The molecule has 0 unspecified atom stereocenters. The van der Waals surface area contributed by atoms with E-state index in [0.717, 1.165) is 36.8 Å². The molecule has 24 heavy (non-hydrogen) atoms. The van der Waals surface area contributed by atoms with Crippen LogP contribution in [0, 0.1) is 0 Å². The minimum absolute atomic E-state index is 0.164. The molecule has 0 saturated heterocycles. The molecule has 0 spiro atoms. The van der Waals surface area contributed by atoms with Gasteiger partial charge in [-0.15, -0.1) is 0 Å². The fourth-order valence-corrected chi connectivity index (χ4v) is 2.34. The van der Waals surface area contributed by atoms with Crippen LogP contribution in [0.2, 0.25) is 0 Å². The third kappa shape index (κ3) is 5.81. The Kier molecular flexibility index (Phi) is 6.15. The number of hydrogen-bond acceptors (Lipinski definition) is 5. The summed E-state index contributed by atoms with van der Waals surface area (Å²) in [6, 6.07) is 10.4. The van der Waals surface area contributed by atoms with Gasteiger partial charge >= 0.3 is 0 Å². The molecule has 0 fully saturated rings. The zero-order valence-electron chi connectivity index (χ0n) is 15.4. The minimum Gasteiger partial charge on any atom is -0.370 e. The molecule has 2 N–H and O–H groups in total. The predicted molar refractivity (Wildman–Crippen MR) is 102 cm³/mol. The van der Waals surface area contributed by atoms with Gasteiger partial charge in [0.05, 0.1) is 0 Å². The first kappa shape index (κ1) is 18.2. The zero-order chi connectivity index (χ0) is 17.6. The molecule has 2 rings (SSSR count). The molecular weight excluding hydrogens is 298 g/mol. The molecule has 0 aliphatic rings. The average Bonchev–Trinajstić information content (AvgIpc) is 2.51. The van der Waals surface area contributed by atoms with Crippen LogP contribution in [0.5, 0.6) is 0 Å². The first-order valence-corrected chi connectivity index (χ1v) is 8.43. The lowest BCUT2D eigenvalue weighted by Gasteiger charge is -2.19. The predicted octanol–water partition coefficient (Wildman–Crippen LogP) is 3.88. The van der Waals surface area contributed by atoms with E-state index in [-0.39, 0.29) is 5.41 Å². The van der Waals surface area contributed by atoms with E-state index >= 15 is 0 Å². The molecule has 0 atom stereocenters. The van der Waals surface area contributed by atoms with Gasteiger partial charge in [0.1, 0.15) is 18.0 Å². The summed E-state index contributed by atoms with van der Waals surface area (Å²) in [7, 11) is 4.16. The van der Waals surface area contributed by atoms with Gasteiger partial charge in [-0.1, -0.05) is 32.9 Å². The Morgan fingerprint density at radius 1 is 1.00 bits per heavy atom. The molecule has 0 aliphatic heterocycles. The lowest BCUT2D eigenvalue weighted by atomic mass is 9.87. The highest BCUT2D eigenvalue weighted by Crippen LogP contribution is 2.24. The Balaban J connectivity index is 1.94. The highest BCUT2D eigenvalue weighted by Gasteiger charge is 2.12. The Hall–Kier alpha value is -2.14. The second-order valence-corrected chi connectivity index (χ2v) is 7.32.